The normalized spacial score (nSPS) is 14.3. The Bertz CT molecular complexity index is 1070. The molecule has 154 valence electrons. The summed E-state index contributed by atoms with van der Waals surface area (Å²) in [7, 11) is 0. The highest BCUT2D eigenvalue weighted by Gasteiger charge is 2.22. The maximum absolute atomic E-state index is 5.57. The molecule has 1 aromatic carbocycles. The van der Waals surface area contributed by atoms with Crippen LogP contribution >= 0.6 is 11.8 Å². The summed E-state index contributed by atoms with van der Waals surface area (Å²) in [6, 6.07) is 13.7. The highest BCUT2D eigenvalue weighted by Crippen LogP contribution is 2.28. The number of benzene rings is 1. The van der Waals surface area contributed by atoms with Gasteiger partial charge in [0.15, 0.2) is 5.16 Å². The molecule has 0 spiro atoms. The van der Waals surface area contributed by atoms with E-state index >= 15 is 0 Å². The Hall–Kier alpha value is -3.07. The average Bonchev–Trinajstić information content (AvgIpc) is 3.56. The first-order chi connectivity index (χ1) is 14.9. The van der Waals surface area contributed by atoms with Crippen LogP contribution in [0, 0.1) is 0 Å². The van der Waals surface area contributed by atoms with Crippen molar-refractivity contribution in [2.45, 2.75) is 36.7 Å². The van der Waals surface area contributed by atoms with Gasteiger partial charge in [0.25, 0.3) is 0 Å². The maximum Gasteiger partial charge on any atom is 0.237 e. The minimum absolute atomic E-state index is 0.524. The third-order valence-corrected chi connectivity index (χ3v) is 6.01. The van der Waals surface area contributed by atoms with E-state index in [1.54, 1.807) is 18.0 Å². The van der Waals surface area contributed by atoms with Gasteiger partial charge < -0.3 is 13.8 Å². The molecule has 1 aliphatic rings. The van der Waals surface area contributed by atoms with Gasteiger partial charge in [0, 0.05) is 18.7 Å². The van der Waals surface area contributed by atoms with Crippen molar-refractivity contribution in [3.05, 3.63) is 60.4 Å². The lowest BCUT2D eigenvalue weighted by molar-refractivity contribution is 0.391. The van der Waals surface area contributed by atoms with Crippen LogP contribution in [-0.2, 0) is 12.3 Å². The summed E-state index contributed by atoms with van der Waals surface area (Å²) in [6.45, 7) is 2.60. The van der Waals surface area contributed by atoms with E-state index in [9.17, 15) is 0 Å². The molecular weight excluding hydrogens is 400 g/mol. The molecule has 0 atom stereocenters. The minimum atomic E-state index is 0.524. The molecule has 0 N–H and O–H groups in total. The Kier molecular flexibility index (Phi) is 5.52. The zero-order valence-corrected chi connectivity index (χ0v) is 17.3. The van der Waals surface area contributed by atoms with Crippen molar-refractivity contribution >= 4 is 17.7 Å². The first-order valence-corrected chi connectivity index (χ1v) is 11.1. The first-order valence-electron chi connectivity index (χ1n) is 10.1. The molecular formula is C21H22N6O2S. The van der Waals surface area contributed by atoms with E-state index in [1.165, 1.54) is 19.3 Å². The second-order valence-corrected chi connectivity index (χ2v) is 8.10. The number of thioether (sulfide) groups is 1. The van der Waals surface area contributed by atoms with Crippen LogP contribution in [-0.4, -0.2) is 38.0 Å². The van der Waals surface area contributed by atoms with E-state index < -0.39 is 0 Å². The molecule has 8 nitrogen and oxygen atoms in total. The van der Waals surface area contributed by atoms with E-state index in [0.29, 0.717) is 24.0 Å². The molecule has 0 unspecified atom stereocenters. The van der Waals surface area contributed by atoms with Crippen LogP contribution < -0.4 is 4.90 Å². The van der Waals surface area contributed by atoms with Crippen molar-refractivity contribution in [2.24, 2.45) is 0 Å². The van der Waals surface area contributed by atoms with Crippen molar-refractivity contribution in [1.82, 2.24) is 24.9 Å². The molecule has 1 fully saturated rings. The van der Waals surface area contributed by atoms with Gasteiger partial charge in [-0.3, -0.25) is 4.57 Å². The quantitative estimate of drug-likeness (QED) is 0.409. The molecule has 0 radical (unpaired) electrons. The molecule has 1 saturated heterocycles. The SMILES string of the molecule is c1ccc(-c2noc(CSc3nnc(N4CCCCC4)n3Cc3ccco3)n2)cc1. The number of furan rings is 1. The number of piperidine rings is 1. The van der Waals surface area contributed by atoms with Crippen LogP contribution in [0.5, 0.6) is 0 Å². The lowest BCUT2D eigenvalue weighted by Gasteiger charge is -2.27. The number of hydrogen-bond acceptors (Lipinski definition) is 8. The third-order valence-electron chi connectivity index (χ3n) is 5.06. The van der Waals surface area contributed by atoms with Crippen LogP contribution in [0.25, 0.3) is 11.4 Å². The van der Waals surface area contributed by atoms with Crippen molar-refractivity contribution in [3.8, 4) is 11.4 Å². The molecule has 3 aromatic heterocycles. The highest BCUT2D eigenvalue weighted by atomic mass is 32.2. The fourth-order valence-corrected chi connectivity index (χ4v) is 4.33. The van der Waals surface area contributed by atoms with Gasteiger partial charge in [0.2, 0.25) is 17.7 Å². The monoisotopic (exact) mass is 422 g/mol. The van der Waals surface area contributed by atoms with Gasteiger partial charge in [0.1, 0.15) is 5.76 Å². The summed E-state index contributed by atoms with van der Waals surface area (Å²) in [5.41, 5.74) is 0.936. The number of aromatic nitrogens is 5. The number of anilines is 1. The van der Waals surface area contributed by atoms with Crippen LogP contribution in [0.15, 0.2) is 62.8 Å². The summed E-state index contributed by atoms with van der Waals surface area (Å²) in [5.74, 6) is 3.45. The second kappa shape index (κ2) is 8.74. The molecule has 9 heteroatoms. The van der Waals surface area contributed by atoms with Crippen LogP contribution in [0.2, 0.25) is 0 Å². The van der Waals surface area contributed by atoms with Crippen LogP contribution in [0.3, 0.4) is 0 Å². The van der Waals surface area contributed by atoms with E-state index in [4.69, 9.17) is 8.94 Å². The maximum atomic E-state index is 5.57. The van der Waals surface area contributed by atoms with Gasteiger partial charge in [0.05, 0.1) is 18.6 Å². The van der Waals surface area contributed by atoms with E-state index in [1.807, 2.05) is 42.5 Å². The van der Waals surface area contributed by atoms with E-state index in [-0.39, 0.29) is 0 Å². The Morgan fingerprint density at radius 2 is 1.83 bits per heavy atom. The highest BCUT2D eigenvalue weighted by molar-refractivity contribution is 7.98. The Labute approximate surface area is 178 Å². The predicted octanol–water partition coefficient (Wildman–Crippen LogP) is 4.25. The van der Waals surface area contributed by atoms with E-state index in [2.05, 4.69) is 29.8 Å². The Balaban J connectivity index is 1.35. The number of nitrogens with zero attached hydrogens (tertiary/aromatic N) is 6. The molecule has 0 saturated carbocycles. The van der Waals surface area contributed by atoms with Gasteiger partial charge in [-0.25, -0.2) is 0 Å². The lowest BCUT2D eigenvalue weighted by atomic mass is 10.1. The molecule has 30 heavy (non-hydrogen) atoms. The van der Waals surface area contributed by atoms with Crippen molar-refractivity contribution in [1.29, 1.82) is 0 Å². The number of hydrogen-bond donors (Lipinski definition) is 0. The Morgan fingerprint density at radius 1 is 0.967 bits per heavy atom. The van der Waals surface area contributed by atoms with Crippen LogP contribution in [0.4, 0.5) is 5.95 Å². The average molecular weight is 423 g/mol. The fraction of sp³-hybridized carbons (Fsp3) is 0.333. The zero-order chi connectivity index (χ0) is 20.2. The van der Waals surface area contributed by atoms with E-state index in [0.717, 1.165) is 35.5 Å². The summed E-state index contributed by atoms with van der Waals surface area (Å²) >= 11 is 1.54. The second-order valence-electron chi connectivity index (χ2n) is 7.16. The molecule has 1 aliphatic heterocycles. The van der Waals surface area contributed by atoms with Gasteiger partial charge >= 0.3 is 0 Å². The largest absolute Gasteiger partial charge is 0.467 e. The molecule has 4 heterocycles. The molecule has 5 rings (SSSR count). The Morgan fingerprint density at radius 3 is 2.63 bits per heavy atom. The van der Waals surface area contributed by atoms with Crippen LogP contribution in [0.1, 0.15) is 30.9 Å². The van der Waals surface area contributed by atoms with Crippen molar-refractivity contribution < 1.29 is 8.94 Å². The lowest BCUT2D eigenvalue weighted by Crippen LogP contribution is -2.32. The van der Waals surface area contributed by atoms with Gasteiger partial charge in [-0.2, -0.15) is 4.98 Å². The number of rotatable bonds is 7. The van der Waals surface area contributed by atoms with Crippen molar-refractivity contribution in [3.63, 3.8) is 0 Å². The van der Waals surface area contributed by atoms with Crippen molar-refractivity contribution in [2.75, 3.05) is 18.0 Å². The first kappa shape index (κ1) is 18.9. The fourth-order valence-electron chi connectivity index (χ4n) is 3.56. The zero-order valence-electron chi connectivity index (χ0n) is 16.5. The minimum Gasteiger partial charge on any atom is -0.467 e. The van der Waals surface area contributed by atoms with Gasteiger partial charge in [-0.15, -0.1) is 10.2 Å². The standard InChI is InChI=1S/C21H22N6O2S/c1-3-8-16(9-4-1)19-22-18(29-25-19)15-30-21-24-23-20(26-11-5-2-6-12-26)27(21)14-17-10-7-13-28-17/h1,3-4,7-10,13H,2,5-6,11-12,14-15H2. The topological polar surface area (TPSA) is 86.0 Å². The summed E-state index contributed by atoms with van der Waals surface area (Å²) in [5, 5.41) is 13.9. The molecule has 0 amide bonds. The summed E-state index contributed by atoms with van der Waals surface area (Å²) < 4.78 is 13.1. The molecule has 4 aromatic rings. The summed E-state index contributed by atoms with van der Waals surface area (Å²) in [4.78, 5) is 6.82. The van der Waals surface area contributed by atoms with Gasteiger partial charge in [-0.05, 0) is 31.4 Å². The third kappa shape index (κ3) is 4.11. The molecule has 0 aliphatic carbocycles. The summed E-state index contributed by atoms with van der Waals surface area (Å²) in [6.07, 6.45) is 5.32. The smallest absolute Gasteiger partial charge is 0.237 e. The molecule has 0 bridgehead atoms. The predicted molar refractivity (Wildman–Crippen MR) is 113 cm³/mol. The van der Waals surface area contributed by atoms with Gasteiger partial charge in [-0.1, -0.05) is 47.3 Å².